The van der Waals surface area contributed by atoms with Gasteiger partial charge in [-0.15, -0.1) is 0 Å². The van der Waals surface area contributed by atoms with Gasteiger partial charge in [-0.05, 0) is 33.7 Å². The average molecular weight is 275 g/mol. The van der Waals surface area contributed by atoms with E-state index in [1.165, 1.54) is 51.0 Å². The van der Waals surface area contributed by atoms with E-state index in [-0.39, 0.29) is 0 Å². The molecule has 0 amide bonds. The van der Waals surface area contributed by atoms with Gasteiger partial charge >= 0.3 is 9.28 Å². The molecule has 0 aliphatic rings. The van der Waals surface area contributed by atoms with Gasteiger partial charge in [0.25, 0.3) is 0 Å². The van der Waals surface area contributed by atoms with Crippen LogP contribution in [0.5, 0.6) is 0 Å². The van der Waals surface area contributed by atoms with E-state index in [1.54, 1.807) is 0 Å². The molecule has 3 heteroatoms. The minimum Gasteiger partial charge on any atom is -0.394 e. The summed E-state index contributed by atoms with van der Waals surface area (Å²) in [7, 11) is -1.41. The fourth-order valence-corrected chi connectivity index (χ4v) is 4.22. The Morgan fingerprint density at radius 3 is 1.61 bits per heavy atom. The lowest BCUT2D eigenvalue weighted by Gasteiger charge is -2.21. The van der Waals surface area contributed by atoms with Gasteiger partial charge < -0.3 is 8.85 Å². The van der Waals surface area contributed by atoms with E-state index in [0.29, 0.717) is 12.2 Å². The van der Waals surface area contributed by atoms with Crippen LogP contribution in [0.3, 0.4) is 0 Å². The summed E-state index contributed by atoms with van der Waals surface area (Å²) in [4.78, 5) is 0. The maximum Gasteiger partial charge on any atom is 0.321 e. The summed E-state index contributed by atoms with van der Waals surface area (Å²) in [6, 6.07) is 1.17. The summed E-state index contributed by atoms with van der Waals surface area (Å²) >= 11 is 0. The van der Waals surface area contributed by atoms with Crippen molar-refractivity contribution in [2.24, 2.45) is 0 Å². The zero-order chi connectivity index (χ0) is 13.8. The van der Waals surface area contributed by atoms with E-state index >= 15 is 0 Å². The lowest BCUT2D eigenvalue weighted by molar-refractivity contribution is 0.129. The number of hydrogen-bond donors (Lipinski definition) is 0. The molecule has 2 nitrogen and oxygen atoms in total. The molecule has 0 saturated carbocycles. The highest BCUT2D eigenvalue weighted by Gasteiger charge is 2.16. The Morgan fingerprint density at radius 2 is 1.17 bits per heavy atom. The largest absolute Gasteiger partial charge is 0.394 e. The van der Waals surface area contributed by atoms with Crippen LogP contribution in [-0.2, 0) is 8.85 Å². The predicted octanol–water partition coefficient (Wildman–Crippen LogP) is 4.81. The first-order valence-electron chi connectivity index (χ1n) is 7.87. The van der Waals surface area contributed by atoms with E-state index < -0.39 is 9.28 Å². The molecule has 0 unspecified atom stereocenters. The Kier molecular flexibility index (Phi) is 12.3. The van der Waals surface area contributed by atoms with Crippen molar-refractivity contribution in [3.8, 4) is 0 Å². The molecule has 0 aromatic carbocycles. The molecule has 0 N–H and O–H groups in total. The molecule has 0 atom stereocenters. The number of unbranched alkanes of at least 4 members (excludes halogenated alkanes) is 6. The van der Waals surface area contributed by atoms with E-state index in [9.17, 15) is 0 Å². The van der Waals surface area contributed by atoms with Gasteiger partial charge in [-0.1, -0.05) is 51.9 Å². The van der Waals surface area contributed by atoms with Gasteiger partial charge in [0.15, 0.2) is 0 Å². The molecule has 0 rings (SSSR count). The van der Waals surface area contributed by atoms with Crippen molar-refractivity contribution < 1.29 is 8.85 Å². The van der Waals surface area contributed by atoms with Crippen LogP contribution in [0.2, 0.25) is 6.04 Å². The van der Waals surface area contributed by atoms with Crippen molar-refractivity contribution >= 4 is 9.28 Å². The Hall–Kier alpha value is 0.137. The van der Waals surface area contributed by atoms with Gasteiger partial charge in [0.2, 0.25) is 0 Å². The molecule has 0 aliphatic heterocycles. The van der Waals surface area contributed by atoms with Gasteiger partial charge in [0, 0.05) is 12.2 Å². The summed E-state index contributed by atoms with van der Waals surface area (Å²) in [6.07, 6.45) is 10.2. The maximum atomic E-state index is 5.92. The summed E-state index contributed by atoms with van der Waals surface area (Å²) < 4.78 is 11.8. The molecule has 0 saturated heterocycles. The molecule has 0 heterocycles. The van der Waals surface area contributed by atoms with Crippen LogP contribution in [0.4, 0.5) is 0 Å². The minimum atomic E-state index is -1.41. The molecule has 0 radical (unpaired) electrons. The molecule has 0 aromatic rings. The third-order valence-electron chi connectivity index (χ3n) is 2.89. The topological polar surface area (TPSA) is 18.5 Å². The highest BCUT2D eigenvalue weighted by Crippen LogP contribution is 2.13. The van der Waals surface area contributed by atoms with Crippen LogP contribution in [0, 0.1) is 0 Å². The second-order valence-electron chi connectivity index (χ2n) is 5.71. The molecule has 0 aromatic heterocycles. The van der Waals surface area contributed by atoms with Gasteiger partial charge in [-0.3, -0.25) is 0 Å². The molecule has 0 aliphatic carbocycles. The molecule has 18 heavy (non-hydrogen) atoms. The highest BCUT2D eigenvalue weighted by atomic mass is 28.3. The minimum absolute atomic E-state index is 0.310. The fraction of sp³-hybridized carbons (Fsp3) is 1.00. The highest BCUT2D eigenvalue weighted by molar-refractivity contribution is 6.44. The van der Waals surface area contributed by atoms with Crippen LogP contribution < -0.4 is 0 Å². The van der Waals surface area contributed by atoms with Gasteiger partial charge in [-0.2, -0.15) is 0 Å². The third kappa shape index (κ3) is 12.6. The molecule has 110 valence electrons. The predicted molar refractivity (Wildman–Crippen MR) is 82.4 cm³/mol. The normalized spacial score (nSPS) is 12.0. The number of hydrogen-bond acceptors (Lipinski definition) is 2. The quantitative estimate of drug-likeness (QED) is 0.376. The molecule has 0 bridgehead atoms. The first-order valence-corrected chi connectivity index (χ1v) is 9.63. The van der Waals surface area contributed by atoms with Crippen molar-refractivity contribution in [2.45, 2.75) is 97.8 Å². The SMILES string of the molecule is CCCCCCCCC[SiH](OC(C)C)OC(C)C. The lowest BCUT2D eigenvalue weighted by atomic mass is 10.1. The summed E-state index contributed by atoms with van der Waals surface area (Å²) in [6.45, 7) is 10.7. The van der Waals surface area contributed by atoms with Crippen LogP contribution in [0.25, 0.3) is 0 Å². The van der Waals surface area contributed by atoms with Crippen molar-refractivity contribution in [3.05, 3.63) is 0 Å². The Bertz CT molecular complexity index is 162. The van der Waals surface area contributed by atoms with Gasteiger partial charge in [0.05, 0.1) is 0 Å². The zero-order valence-corrected chi connectivity index (χ0v) is 14.4. The van der Waals surface area contributed by atoms with Crippen molar-refractivity contribution in [3.63, 3.8) is 0 Å². The molecule has 0 spiro atoms. The van der Waals surface area contributed by atoms with Crippen LogP contribution in [0.15, 0.2) is 0 Å². The molecule has 0 fully saturated rings. The molecular weight excluding hydrogens is 240 g/mol. The van der Waals surface area contributed by atoms with Crippen LogP contribution in [-0.4, -0.2) is 21.5 Å². The number of rotatable bonds is 12. The Balaban J connectivity index is 3.56. The summed E-state index contributed by atoms with van der Waals surface area (Å²) in [5, 5.41) is 0. The fourth-order valence-electron chi connectivity index (χ4n) is 2.04. The lowest BCUT2D eigenvalue weighted by Crippen LogP contribution is -2.29. The second-order valence-corrected chi connectivity index (χ2v) is 7.69. The standard InChI is InChI=1S/C15H34O2Si/c1-6-7-8-9-10-11-12-13-18(16-14(2)3)17-15(4)5/h14-15,18H,6-13H2,1-5H3. The zero-order valence-electron chi connectivity index (χ0n) is 13.2. The second kappa shape index (κ2) is 12.2. The first-order chi connectivity index (χ1) is 8.56. The monoisotopic (exact) mass is 274 g/mol. The van der Waals surface area contributed by atoms with Crippen LogP contribution >= 0.6 is 0 Å². The van der Waals surface area contributed by atoms with E-state index in [2.05, 4.69) is 34.6 Å². The van der Waals surface area contributed by atoms with Crippen molar-refractivity contribution in [1.29, 1.82) is 0 Å². The maximum absolute atomic E-state index is 5.92. The average Bonchev–Trinajstić information content (AvgIpc) is 2.26. The Morgan fingerprint density at radius 1 is 0.722 bits per heavy atom. The smallest absolute Gasteiger partial charge is 0.321 e. The van der Waals surface area contributed by atoms with Gasteiger partial charge in [-0.25, -0.2) is 0 Å². The van der Waals surface area contributed by atoms with Crippen molar-refractivity contribution in [1.82, 2.24) is 0 Å². The van der Waals surface area contributed by atoms with E-state index in [0.717, 1.165) is 0 Å². The third-order valence-corrected chi connectivity index (χ3v) is 5.47. The summed E-state index contributed by atoms with van der Waals surface area (Å²) in [5.41, 5.74) is 0. The first kappa shape index (κ1) is 18.1. The van der Waals surface area contributed by atoms with E-state index in [1.807, 2.05) is 0 Å². The van der Waals surface area contributed by atoms with Crippen LogP contribution in [0.1, 0.15) is 79.6 Å². The summed E-state index contributed by atoms with van der Waals surface area (Å²) in [5.74, 6) is 0. The molecular formula is C15H34O2Si. The Labute approximate surface area is 116 Å². The van der Waals surface area contributed by atoms with E-state index in [4.69, 9.17) is 8.85 Å². The van der Waals surface area contributed by atoms with Gasteiger partial charge in [0.1, 0.15) is 0 Å². The van der Waals surface area contributed by atoms with Crippen molar-refractivity contribution in [2.75, 3.05) is 0 Å².